The van der Waals surface area contributed by atoms with E-state index < -0.39 is 5.97 Å². The lowest BCUT2D eigenvalue weighted by Gasteiger charge is -1.94. The van der Waals surface area contributed by atoms with Crippen molar-refractivity contribution in [1.29, 1.82) is 0 Å². The van der Waals surface area contributed by atoms with Gasteiger partial charge < -0.3 is 5.11 Å². The standard InChI is InChI=1S/C8H13N3O2/c1-7(8(12)13)5-3-2-4-6-10-11-9/h5H,2-4,6H2,1H3,(H,12,13). The quantitative estimate of drug-likeness (QED) is 0.225. The van der Waals surface area contributed by atoms with Crippen LogP contribution < -0.4 is 0 Å². The summed E-state index contributed by atoms with van der Waals surface area (Å²) in [5.41, 5.74) is 8.32. The third-order valence-corrected chi connectivity index (χ3v) is 1.56. The van der Waals surface area contributed by atoms with Crippen LogP contribution in [0, 0.1) is 0 Å². The number of unbranched alkanes of at least 4 members (excludes halogenated alkanes) is 2. The van der Waals surface area contributed by atoms with Crippen LogP contribution in [0.15, 0.2) is 16.8 Å². The number of rotatable bonds is 6. The number of azide groups is 1. The normalized spacial score (nSPS) is 10.7. The molecule has 5 nitrogen and oxygen atoms in total. The Hall–Kier alpha value is -1.48. The summed E-state index contributed by atoms with van der Waals surface area (Å²) >= 11 is 0. The number of aliphatic carboxylic acids is 1. The van der Waals surface area contributed by atoms with Gasteiger partial charge >= 0.3 is 5.97 Å². The highest BCUT2D eigenvalue weighted by Gasteiger charge is 1.97. The lowest BCUT2D eigenvalue weighted by atomic mass is 10.2. The molecule has 0 aromatic carbocycles. The van der Waals surface area contributed by atoms with Crippen molar-refractivity contribution in [2.75, 3.05) is 6.54 Å². The van der Waals surface area contributed by atoms with Gasteiger partial charge in [0.15, 0.2) is 0 Å². The maximum atomic E-state index is 10.3. The highest BCUT2D eigenvalue weighted by Crippen LogP contribution is 2.01. The lowest BCUT2D eigenvalue weighted by molar-refractivity contribution is -0.132. The molecule has 0 aliphatic carbocycles. The third kappa shape index (κ3) is 6.90. The van der Waals surface area contributed by atoms with E-state index in [0.29, 0.717) is 12.1 Å². The smallest absolute Gasteiger partial charge is 0.330 e. The predicted molar refractivity (Wildman–Crippen MR) is 49.3 cm³/mol. The number of nitrogens with zero attached hydrogens (tertiary/aromatic N) is 3. The van der Waals surface area contributed by atoms with Crippen LogP contribution in [0.5, 0.6) is 0 Å². The Kier molecular flexibility index (Phi) is 6.37. The molecule has 0 amide bonds. The van der Waals surface area contributed by atoms with Gasteiger partial charge in [-0.2, -0.15) is 0 Å². The molecular formula is C8H13N3O2. The SMILES string of the molecule is CC(=CCCCCN=[N+]=[N-])C(=O)O. The second kappa shape index (κ2) is 7.18. The fourth-order valence-corrected chi connectivity index (χ4v) is 0.777. The zero-order valence-corrected chi connectivity index (χ0v) is 7.60. The average molecular weight is 183 g/mol. The number of hydrogen-bond donors (Lipinski definition) is 1. The first kappa shape index (κ1) is 11.5. The summed E-state index contributed by atoms with van der Waals surface area (Å²) in [7, 11) is 0. The number of allylic oxidation sites excluding steroid dienone is 1. The Balaban J connectivity index is 3.49. The summed E-state index contributed by atoms with van der Waals surface area (Å²) in [6.45, 7) is 2.05. The summed E-state index contributed by atoms with van der Waals surface area (Å²) in [6.07, 6.45) is 4.05. The molecule has 13 heavy (non-hydrogen) atoms. The van der Waals surface area contributed by atoms with E-state index in [1.165, 1.54) is 0 Å². The molecule has 0 saturated heterocycles. The molecule has 5 heteroatoms. The number of carboxylic acid groups (broad SMARTS) is 1. The van der Waals surface area contributed by atoms with Crippen LogP contribution in [0.4, 0.5) is 0 Å². The number of hydrogen-bond acceptors (Lipinski definition) is 2. The summed E-state index contributed by atoms with van der Waals surface area (Å²) in [5, 5.41) is 11.9. The van der Waals surface area contributed by atoms with Crippen LogP contribution in [0.2, 0.25) is 0 Å². The van der Waals surface area contributed by atoms with Crippen LogP contribution >= 0.6 is 0 Å². The summed E-state index contributed by atoms with van der Waals surface area (Å²) in [5.74, 6) is -0.880. The van der Waals surface area contributed by atoms with Gasteiger partial charge in [0, 0.05) is 17.0 Å². The zero-order valence-electron chi connectivity index (χ0n) is 7.60. The molecule has 0 rings (SSSR count). The van der Waals surface area contributed by atoms with Gasteiger partial charge in [0.25, 0.3) is 0 Å². The maximum Gasteiger partial charge on any atom is 0.330 e. The lowest BCUT2D eigenvalue weighted by Crippen LogP contribution is -1.95. The predicted octanol–water partition coefficient (Wildman–Crippen LogP) is 2.50. The third-order valence-electron chi connectivity index (χ3n) is 1.56. The van der Waals surface area contributed by atoms with E-state index in [-0.39, 0.29) is 0 Å². The molecule has 0 bridgehead atoms. The molecule has 1 N–H and O–H groups in total. The van der Waals surface area contributed by atoms with Crippen LogP contribution in [0.3, 0.4) is 0 Å². The van der Waals surface area contributed by atoms with Crippen molar-refractivity contribution < 1.29 is 9.90 Å². The first-order valence-corrected chi connectivity index (χ1v) is 4.09. The van der Waals surface area contributed by atoms with Crippen LogP contribution in [-0.2, 0) is 4.79 Å². The van der Waals surface area contributed by atoms with Crippen LogP contribution in [0.25, 0.3) is 10.4 Å². The van der Waals surface area contributed by atoms with Crippen LogP contribution in [0.1, 0.15) is 26.2 Å². The number of carboxylic acids is 1. The molecule has 0 aromatic heterocycles. The molecule has 0 saturated carbocycles. The minimum Gasteiger partial charge on any atom is -0.478 e. The average Bonchev–Trinajstić information content (AvgIpc) is 2.10. The topological polar surface area (TPSA) is 86.1 Å². The highest BCUT2D eigenvalue weighted by atomic mass is 16.4. The largest absolute Gasteiger partial charge is 0.478 e. The molecule has 0 aliphatic rings. The van der Waals surface area contributed by atoms with Crippen molar-refractivity contribution in [3.05, 3.63) is 22.1 Å². The Labute approximate surface area is 76.7 Å². The van der Waals surface area contributed by atoms with E-state index in [0.717, 1.165) is 19.3 Å². The Morgan fingerprint density at radius 3 is 2.85 bits per heavy atom. The molecule has 0 fully saturated rings. The fraction of sp³-hybridized carbons (Fsp3) is 0.625. The Morgan fingerprint density at radius 2 is 2.31 bits per heavy atom. The zero-order chi connectivity index (χ0) is 10.1. The Morgan fingerprint density at radius 1 is 1.62 bits per heavy atom. The van der Waals surface area contributed by atoms with Gasteiger partial charge in [-0.15, -0.1) is 0 Å². The summed E-state index contributed by atoms with van der Waals surface area (Å²) in [6, 6.07) is 0. The number of carbonyl (C=O) groups is 1. The minimum atomic E-state index is -0.880. The molecular weight excluding hydrogens is 170 g/mol. The van der Waals surface area contributed by atoms with Crippen molar-refractivity contribution in [3.8, 4) is 0 Å². The second-order valence-electron chi connectivity index (χ2n) is 2.64. The van der Waals surface area contributed by atoms with Gasteiger partial charge in [-0.25, -0.2) is 4.79 Å². The van der Waals surface area contributed by atoms with E-state index >= 15 is 0 Å². The minimum absolute atomic E-state index is 0.365. The first-order chi connectivity index (χ1) is 6.18. The van der Waals surface area contributed by atoms with Gasteiger partial charge in [0.2, 0.25) is 0 Å². The van der Waals surface area contributed by atoms with E-state index in [9.17, 15) is 4.79 Å². The molecule has 0 heterocycles. The summed E-state index contributed by atoms with van der Waals surface area (Å²) < 4.78 is 0. The highest BCUT2D eigenvalue weighted by molar-refractivity contribution is 5.85. The van der Waals surface area contributed by atoms with Crippen molar-refractivity contribution in [1.82, 2.24) is 0 Å². The van der Waals surface area contributed by atoms with E-state index in [4.69, 9.17) is 10.6 Å². The fourth-order valence-electron chi connectivity index (χ4n) is 0.777. The molecule has 0 atom stereocenters. The second-order valence-corrected chi connectivity index (χ2v) is 2.64. The first-order valence-electron chi connectivity index (χ1n) is 4.09. The summed E-state index contributed by atoms with van der Waals surface area (Å²) in [4.78, 5) is 12.9. The van der Waals surface area contributed by atoms with Gasteiger partial charge in [0.05, 0.1) is 0 Å². The van der Waals surface area contributed by atoms with Crippen molar-refractivity contribution in [2.45, 2.75) is 26.2 Å². The van der Waals surface area contributed by atoms with Gasteiger partial charge in [0.1, 0.15) is 0 Å². The van der Waals surface area contributed by atoms with Crippen LogP contribution in [-0.4, -0.2) is 17.6 Å². The molecule has 0 aromatic rings. The molecule has 72 valence electrons. The van der Waals surface area contributed by atoms with Crippen molar-refractivity contribution >= 4 is 5.97 Å². The Bertz CT molecular complexity index is 242. The van der Waals surface area contributed by atoms with Gasteiger partial charge in [-0.3, -0.25) is 0 Å². The van der Waals surface area contributed by atoms with E-state index in [2.05, 4.69) is 10.0 Å². The molecule has 0 unspecified atom stereocenters. The van der Waals surface area contributed by atoms with Gasteiger partial charge in [-0.1, -0.05) is 11.2 Å². The van der Waals surface area contributed by atoms with E-state index in [1.807, 2.05) is 0 Å². The molecule has 0 spiro atoms. The molecule has 0 aliphatic heterocycles. The van der Waals surface area contributed by atoms with Crippen molar-refractivity contribution in [3.63, 3.8) is 0 Å². The van der Waals surface area contributed by atoms with Gasteiger partial charge in [-0.05, 0) is 31.7 Å². The van der Waals surface area contributed by atoms with E-state index in [1.54, 1.807) is 13.0 Å². The monoisotopic (exact) mass is 183 g/mol. The molecule has 0 radical (unpaired) electrons. The maximum absolute atomic E-state index is 10.3. The van der Waals surface area contributed by atoms with Crippen molar-refractivity contribution in [2.24, 2.45) is 5.11 Å².